The lowest BCUT2D eigenvalue weighted by Gasteiger charge is -2.15. The van der Waals surface area contributed by atoms with E-state index in [0.717, 1.165) is 16.9 Å². The second kappa shape index (κ2) is 6.55. The van der Waals surface area contributed by atoms with Crippen molar-refractivity contribution in [2.45, 2.75) is 26.7 Å². The van der Waals surface area contributed by atoms with Gasteiger partial charge in [-0.25, -0.2) is 0 Å². The number of benzene rings is 2. The number of hydrogen-bond acceptors (Lipinski definition) is 1. The Kier molecular flexibility index (Phi) is 4.97. The average Bonchev–Trinajstić information content (AvgIpc) is 2.39. The summed E-state index contributed by atoms with van der Waals surface area (Å²) in [4.78, 5) is 0. The van der Waals surface area contributed by atoms with Gasteiger partial charge in [-0.3, -0.25) is 0 Å². The van der Waals surface area contributed by atoms with E-state index in [-0.39, 0.29) is 0 Å². The fourth-order valence-corrected chi connectivity index (χ4v) is 2.68. The van der Waals surface area contributed by atoms with Gasteiger partial charge < -0.3 is 5.32 Å². The van der Waals surface area contributed by atoms with Gasteiger partial charge in [0, 0.05) is 27.0 Å². The SMILES string of the molecule is C=C(Nc1ccc(C(C)C)cc1C)c1cc(Cl)cc(Cl)c1. The second-order valence-electron chi connectivity index (χ2n) is 5.49. The Morgan fingerprint density at radius 2 is 1.67 bits per heavy atom. The number of nitrogens with one attached hydrogen (secondary N) is 1. The minimum absolute atomic E-state index is 0.521. The summed E-state index contributed by atoms with van der Waals surface area (Å²) in [6.45, 7) is 10.5. The van der Waals surface area contributed by atoms with Gasteiger partial charge in [0.25, 0.3) is 0 Å². The molecule has 0 spiro atoms. The molecule has 0 atom stereocenters. The highest BCUT2D eigenvalue weighted by molar-refractivity contribution is 6.34. The third kappa shape index (κ3) is 4.03. The summed E-state index contributed by atoms with van der Waals surface area (Å²) < 4.78 is 0. The van der Waals surface area contributed by atoms with E-state index in [1.807, 2.05) is 12.1 Å². The third-order valence-corrected chi connectivity index (χ3v) is 3.85. The molecule has 0 fully saturated rings. The van der Waals surface area contributed by atoms with Gasteiger partial charge >= 0.3 is 0 Å². The van der Waals surface area contributed by atoms with Gasteiger partial charge in [-0.05, 0) is 48.2 Å². The monoisotopic (exact) mass is 319 g/mol. The molecule has 0 aliphatic heterocycles. The fraction of sp³-hybridized carbons (Fsp3) is 0.222. The van der Waals surface area contributed by atoms with Gasteiger partial charge in [-0.1, -0.05) is 55.8 Å². The molecule has 0 aromatic heterocycles. The van der Waals surface area contributed by atoms with Crippen molar-refractivity contribution in [2.24, 2.45) is 0 Å². The Morgan fingerprint density at radius 1 is 1.05 bits per heavy atom. The Labute approximate surface area is 136 Å². The average molecular weight is 320 g/mol. The normalized spacial score (nSPS) is 10.8. The molecule has 0 heterocycles. The van der Waals surface area contributed by atoms with Crippen LogP contribution in [0.2, 0.25) is 10.0 Å². The Hall–Kier alpha value is -1.44. The molecular formula is C18H19Cl2N. The Morgan fingerprint density at radius 3 is 2.19 bits per heavy atom. The summed E-state index contributed by atoms with van der Waals surface area (Å²) in [5.74, 6) is 0.521. The lowest BCUT2D eigenvalue weighted by atomic mass is 10.00. The second-order valence-corrected chi connectivity index (χ2v) is 6.36. The van der Waals surface area contributed by atoms with Crippen LogP contribution in [0.5, 0.6) is 0 Å². The molecule has 0 amide bonds. The first kappa shape index (κ1) is 15.9. The molecule has 0 bridgehead atoms. The quantitative estimate of drug-likeness (QED) is 0.677. The van der Waals surface area contributed by atoms with Crippen LogP contribution >= 0.6 is 23.2 Å². The summed E-state index contributed by atoms with van der Waals surface area (Å²) >= 11 is 12.1. The first-order valence-corrected chi connectivity index (χ1v) is 7.65. The van der Waals surface area contributed by atoms with Crippen molar-refractivity contribution in [3.63, 3.8) is 0 Å². The maximum atomic E-state index is 6.03. The molecule has 0 unspecified atom stereocenters. The highest BCUT2D eigenvalue weighted by Gasteiger charge is 2.06. The molecule has 0 aliphatic carbocycles. The molecule has 110 valence electrons. The highest BCUT2D eigenvalue weighted by Crippen LogP contribution is 2.27. The number of hydrogen-bond donors (Lipinski definition) is 1. The van der Waals surface area contributed by atoms with Crippen LogP contribution in [0.1, 0.15) is 36.5 Å². The standard InChI is InChI=1S/C18H19Cl2N/c1-11(2)14-5-6-18(12(3)7-14)21-13(4)15-8-16(19)10-17(20)9-15/h5-11,21H,4H2,1-3H3. The molecule has 1 N–H and O–H groups in total. The minimum Gasteiger partial charge on any atom is -0.355 e. The van der Waals surface area contributed by atoms with E-state index in [4.69, 9.17) is 23.2 Å². The minimum atomic E-state index is 0.521. The lowest BCUT2D eigenvalue weighted by Crippen LogP contribution is -2.00. The summed E-state index contributed by atoms with van der Waals surface area (Å²) in [5, 5.41) is 4.54. The zero-order valence-corrected chi connectivity index (χ0v) is 14.0. The van der Waals surface area contributed by atoms with Crippen molar-refractivity contribution in [2.75, 3.05) is 5.32 Å². The summed E-state index contributed by atoms with van der Waals surface area (Å²) in [7, 11) is 0. The zero-order valence-electron chi connectivity index (χ0n) is 12.5. The predicted molar refractivity (Wildman–Crippen MR) is 94.4 cm³/mol. The number of anilines is 1. The summed E-state index contributed by atoms with van der Waals surface area (Å²) in [6, 6.07) is 11.8. The Bertz CT molecular complexity index is 655. The molecule has 2 aromatic rings. The van der Waals surface area contributed by atoms with Crippen molar-refractivity contribution in [1.29, 1.82) is 0 Å². The molecule has 0 saturated heterocycles. The maximum Gasteiger partial charge on any atom is 0.0427 e. The number of aryl methyl sites for hydroxylation is 1. The maximum absolute atomic E-state index is 6.03. The van der Waals surface area contributed by atoms with E-state index in [1.165, 1.54) is 11.1 Å². The molecule has 0 radical (unpaired) electrons. The van der Waals surface area contributed by atoms with Gasteiger partial charge in [-0.2, -0.15) is 0 Å². The van der Waals surface area contributed by atoms with Crippen LogP contribution < -0.4 is 5.32 Å². The van der Waals surface area contributed by atoms with Gasteiger partial charge in [0.1, 0.15) is 0 Å². The van der Waals surface area contributed by atoms with Crippen LogP contribution in [0.25, 0.3) is 5.70 Å². The first-order chi connectivity index (χ1) is 9.86. The van der Waals surface area contributed by atoms with E-state index in [2.05, 4.69) is 50.9 Å². The van der Waals surface area contributed by atoms with Crippen LogP contribution in [-0.2, 0) is 0 Å². The van der Waals surface area contributed by atoms with Crippen molar-refractivity contribution in [3.8, 4) is 0 Å². The fourth-order valence-electron chi connectivity index (χ4n) is 2.15. The number of halogens is 2. The molecule has 3 heteroatoms. The molecule has 21 heavy (non-hydrogen) atoms. The van der Waals surface area contributed by atoms with Gasteiger partial charge in [0.2, 0.25) is 0 Å². The van der Waals surface area contributed by atoms with E-state index in [9.17, 15) is 0 Å². The van der Waals surface area contributed by atoms with E-state index in [0.29, 0.717) is 16.0 Å². The van der Waals surface area contributed by atoms with Crippen molar-refractivity contribution in [3.05, 3.63) is 69.7 Å². The molecule has 0 saturated carbocycles. The highest BCUT2D eigenvalue weighted by atomic mass is 35.5. The molecule has 2 rings (SSSR count). The van der Waals surface area contributed by atoms with E-state index in [1.54, 1.807) is 6.07 Å². The van der Waals surface area contributed by atoms with Crippen LogP contribution in [0.15, 0.2) is 43.0 Å². The predicted octanol–water partition coefficient (Wildman–Crippen LogP) is 6.51. The molecular weight excluding hydrogens is 301 g/mol. The lowest BCUT2D eigenvalue weighted by molar-refractivity contribution is 0.865. The van der Waals surface area contributed by atoms with E-state index < -0.39 is 0 Å². The molecule has 1 nitrogen and oxygen atoms in total. The topological polar surface area (TPSA) is 12.0 Å². The number of rotatable bonds is 4. The van der Waals surface area contributed by atoms with Crippen LogP contribution in [0, 0.1) is 6.92 Å². The van der Waals surface area contributed by atoms with Crippen molar-refractivity contribution < 1.29 is 0 Å². The smallest absolute Gasteiger partial charge is 0.0427 e. The Balaban J connectivity index is 2.23. The van der Waals surface area contributed by atoms with Crippen molar-refractivity contribution >= 4 is 34.6 Å². The molecule has 0 aliphatic rings. The largest absolute Gasteiger partial charge is 0.355 e. The van der Waals surface area contributed by atoms with Gasteiger partial charge in [0.05, 0.1) is 0 Å². The first-order valence-electron chi connectivity index (χ1n) is 6.89. The third-order valence-electron chi connectivity index (χ3n) is 3.41. The van der Waals surface area contributed by atoms with Crippen LogP contribution in [0.4, 0.5) is 5.69 Å². The van der Waals surface area contributed by atoms with Crippen LogP contribution in [-0.4, -0.2) is 0 Å². The molecule has 2 aromatic carbocycles. The van der Waals surface area contributed by atoms with Gasteiger partial charge in [0.15, 0.2) is 0 Å². The van der Waals surface area contributed by atoms with Crippen molar-refractivity contribution in [1.82, 2.24) is 0 Å². The summed E-state index contributed by atoms with van der Waals surface area (Å²) in [5.41, 5.74) is 5.23. The van der Waals surface area contributed by atoms with Crippen LogP contribution in [0.3, 0.4) is 0 Å². The zero-order chi connectivity index (χ0) is 15.6. The van der Waals surface area contributed by atoms with Gasteiger partial charge in [-0.15, -0.1) is 0 Å². The summed E-state index contributed by atoms with van der Waals surface area (Å²) in [6.07, 6.45) is 0. The van der Waals surface area contributed by atoms with E-state index >= 15 is 0 Å².